The Balaban J connectivity index is 1.84. The zero-order valence-corrected chi connectivity index (χ0v) is 10.9. The number of carboxylic acids is 1. The van der Waals surface area contributed by atoms with E-state index in [0.717, 1.165) is 5.75 Å². The standard InChI is InChI=1S/C15H16N2O3/c16-13-10-11(15(18)19)6-7-14(13)17-8-9-20-12-4-2-1-3-5-12/h1-7,10,17H,8-9,16H2,(H,18,19). The zero-order chi connectivity index (χ0) is 14.4. The second-order valence-electron chi connectivity index (χ2n) is 4.20. The van der Waals surface area contributed by atoms with E-state index in [0.29, 0.717) is 24.5 Å². The predicted octanol–water partition coefficient (Wildman–Crippen LogP) is 2.46. The quantitative estimate of drug-likeness (QED) is 0.555. The average molecular weight is 272 g/mol. The molecule has 0 aromatic heterocycles. The van der Waals surface area contributed by atoms with Crippen LogP contribution in [0, 0.1) is 0 Å². The number of aromatic carboxylic acids is 1. The normalized spacial score (nSPS) is 10.0. The third-order valence-electron chi connectivity index (χ3n) is 2.73. The van der Waals surface area contributed by atoms with Crippen LogP contribution in [0.15, 0.2) is 48.5 Å². The van der Waals surface area contributed by atoms with Gasteiger partial charge in [0.2, 0.25) is 0 Å². The van der Waals surface area contributed by atoms with Crippen LogP contribution in [0.25, 0.3) is 0 Å². The summed E-state index contributed by atoms with van der Waals surface area (Å²) in [5.74, 6) is -0.181. The number of anilines is 2. The minimum Gasteiger partial charge on any atom is -0.492 e. The molecule has 5 heteroatoms. The summed E-state index contributed by atoms with van der Waals surface area (Å²) in [4.78, 5) is 10.8. The van der Waals surface area contributed by atoms with Gasteiger partial charge in [-0.25, -0.2) is 4.79 Å². The molecule has 20 heavy (non-hydrogen) atoms. The number of para-hydroxylation sites is 1. The number of carbonyl (C=O) groups is 1. The molecule has 0 saturated carbocycles. The van der Waals surface area contributed by atoms with Crippen LogP contribution in [0.2, 0.25) is 0 Å². The molecule has 0 aliphatic rings. The maximum Gasteiger partial charge on any atom is 0.335 e. The largest absolute Gasteiger partial charge is 0.492 e. The highest BCUT2D eigenvalue weighted by atomic mass is 16.5. The Kier molecular flexibility index (Phi) is 4.44. The van der Waals surface area contributed by atoms with Crippen LogP contribution in [0.3, 0.4) is 0 Å². The lowest BCUT2D eigenvalue weighted by atomic mass is 10.2. The number of nitrogen functional groups attached to an aromatic ring is 1. The molecule has 0 bridgehead atoms. The van der Waals surface area contributed by atoms with Crippen molar-refractivity contribution >= 4 is 17.3 Å². The highest BCUT2D eigenvalue weighted by Crippen LogP contribution is 2.19. The van der Waals surface area contributed by atoms with Gasteiger partial charge < -0.3 is 20.9 Å². The summed E-state index contributed by atoms with van der Waals surface area (Å²) in [5, 5.41) is 12.0. The second-order valence-corrected chi connectivity index (χ2v) is 4.20. The topological polar surface area (TPSA) is 84.6 Å². The molecule has 0 heterocycles. The van der Waals surface area contributed by atoms with Crippen molar-refractivity contribution < 1.29 is 14.6 Å². The Morgan fingerprint density at radius 1 is 1.20 bits per heavy atom. The fourth-order valence-electron chi connectivity index (χ4n) is 1.73. The molecular weight excluding hydrogens is 256 g/mol. The van der Waals surface area contributed by atoms with Gasteiger partial charge in [0, 0.05) is 6.54 Å². The van der Waals surface area contributed by atoms with Gasteiger partial charge in [0.15, 0.2) is 0 Å². The lowest BCUT2D eigenvalue weighted by molar-refractivity contribution is 0.0697. The fraction of sp³-hybridized carbons (Fsp3) is 0.133. The lowest BCUT2D eigenvalue weighted by Gasteiger charge is -2.11. The van der Waals surface area contributed by atoms with E-state index in [1.807, 2.05) is 30.3 Å². The number of carboxylic acid groups (broad SMARTS) is 1. The first-order valence-corrected chi connectivity index (χ1v) is 6.21. The van der Waals surface area contributed by atoms with E-state index in [9.17, 15) is 4.79 Å². The Bertz CT molecular complexity index is 585. The van der Waals surface area contributed by atoms with Gasteiger partial charge in [-0.2, -0.15) is 0 Å². The van der Waals surface area contributed by atoms with Gasteiger partial charge in [0.1, 0.15) is 12.4 Å². The summed E-state index contributed by atoms with van der Waals surface area (Å²) in [6.07, 6.45) is 0. The van der Waals surface area contributed by atoms with Crippen molar-refractivity contribution in [3.05, 3.63) is 54.1 Å². The molecule has 2 rings (SSSR count). The summed E-state index contributed by atoms with van der Waals surface area (Å²) < 4.78 is 5.53. The third kappa shape index (κ3) is 3.65. The average Bonchev–Trinajstić information content (AvgIpc) is 2.46. The fourth-order valence-corrected chi connectivity index (χ4v) is 1.73. The molecule has 0 spiro atoms. The van der Waals surface area contributed by atoms with Crippen LogP contribution in [0.1, 0.15) is 10.4 Å². The van der Waals surface area contributed by atoms with Gasteiger partial charge in [0.25, 0.3) is 0 Å². The van der Waals surface area contributed by atoms with Gasteiger partial charge in [-0.05, 0) is 30.3 Å². The molecule has 0 amide bonds. The van der Waals surface area contributed by atoms with Gasteiger partial charge in [-0.3, -0.25) is 0 Å². The lowest BCUT2D eigenvalue weighted by Crippen LogP contribution is -2.12. The van der Waals surface area contributed by atoms with E-state index < -0.39 is 5.97 Å². The van der Waals surface area contributed by atoms with Crippen molar-refractivity contribution in [1.29, 1.82) is 0 Å². The summed E-state index contributed by atoms with van der Waals surface area (Å²) in [7, 11) is 0. The monoisotopic (exact) mass is 272 g/mol. The van der Waals surface area contributed by atoms with Gasteiger partial charge in [-0.1, -0.05) is 18.2 Å². The Morgan fingerprint density at radius 2 is 1.95 bits per heavy atom. The van der Waals surface area contributed by atoms with Gasteiger partial charge in [0.05, 0.1) is 16.9 Å². The van der Waals surface area contributed by atoms with E-state index in [1.54, 1.807) is 6.07 Å². The summed E-state index contributed by atoms with van der Waals surface area (Å²) in [6.45, 7) is 1.07. The zero-order valence-electron chi connectivity index (χ0n) is 10.9. The molecule has 0 unspecified atom stereocenters. The summed E-state index contributed by atoms with van der Waals surface area (Å²) in [6, 6.07) is 14.1. The van der Waals surface area contributed by atoms with Crippen LogP contribution in [0.5, 0.6) is 5.75 Å². The van der Waals surface area contributed by atoms with E-state index >= 15 is 0 Å². The second kappa shape index (κ2) is 6.47. The molecule has 2 aromatic carbocycles. The minimum atomic E-state index is -0.990. The Hall–Kier alpha value is -2.69. The number of hydrogen-bond donors (Lipinski definition) is 3. The van der Waals surface area contributed by atoms with E-state index in [4.69, 9.17) is 15.6 Å². The summed E-state index contributed by atoms with van der Waals surface area (Å²) >= 11 is 0. The highest BCUT2D eigenvalue weighted by Gasteiger charge is 2.05. The molecule has 0 aliphatic heterocycles. The molecule has 2 aromatic rings. The molecule has 0 saturated heterocycles. The minimum absolute atomic E-state index is 0.175. The van der Waals surface area contributed by atoms with Gasteiger partial charge >= 0.3 is 5.97 Å². The van der Waals surface area contributed by atoms with Crippen molar-refractivity contribution in [3.63, 3.8) is 0 Å². The molecule has 104 valence electrons. The molecule has 0 atom stereocenters. The number of hydrogen-bond acceptors (Lipinski definition) is 4. The van der Waals surface area contributed by atoms with E-state index in [2.05, 4.69) is 5.32 Å². The van der Waals surface area contributed by atoms with E-state index in [-0.39, 0.29) is 5.56 Å². The van der Waals surface area contributed by atoms with Crippen LogP contribution in [0.4, 0.5) is 11.4 Å². The molecule has 0 fully saturated rings. The maximum absolute atomic E-state index is 10.8. The van der Waals surface area contributed by atoms with Crippen LogP contribution >= 0.6 is 0 Å². The first kappa shape index (κ1) is 13.7. The highest BCUT2D eigenvalue weighted by molar-refractivity contribution is 5.90. The van der Waals surface area contributed by atoms with E-state index in [1.165, 1.54) is 12.1 Å². The third-order valence-corrected chi connectivity index (χ3v) is 2.73. The molecular formula is C15H16N2O3. The number of nitrogens with one attached hydrogen (secondary N) is 1. The molecule has 4 N–H and O–H groups in total. The van der Waals surface area contributed by atoms with Crippen molar-refractivity contribution in [2.45, 2.75) is 0 Å². The number of ether oxygens (including phenoxy) is 1. The van der Waals surface area contributed by atoms with Crippen molar-refractivity contribution in [3.8, 4) is 5.75 Å². The number of nitrogens with two attached hydrogens (primary N) is 1. The maximum atomic E-state index is 10.8. The van der Waals surface area contributed by atoms with Crippen LogP contribution in [-0.2, 0) is 0 Å². The van der Waals surface area contributed by atoms with Crippen LogP contribution in [-0.4, -0.2) is 24.2 Å². The van der Waals surface area contributed by atoms with Gasteiger partial charge in [-0.15, -0.1) is 0 Å². The number of rotatable bonds is 6. The number of benzene rings is 2. The SMILES string of the molecule is Nc1cc(C(=O)O)ccc1NCCOc1ccccc1. The van der Waals surface area contributed by atoms with Crippen molar-refractivity contribution in [2.75, 3.05) is 24.2 Å². The molecule has 0 radical (unpaired) electrons. The smallest absolute Gasteiger partial charge is 0.335 e. The first-order chi connectivity index (χ1) is 9.66. The van der Waals surface area contributed by atoms with Crippen LogP contribution < -0.4 is 15.8 Å². The summed E-state index contributed by atoms with van der Waals surface area (Å²) in [5.41, 5.74) is 7.07. The Morgan fingerprint density at radius 3 is 2.60 bits per heavy atom. The Labute approximate surface area is 117 Å². The predicted molar refractivity (Wildman–Crippen MR) is 78.2 cm³/mol. The van der Waals surface area contributed by atoms with Crippen molar-refractivity contribution in [1.82, 2.24) is 0 Å². The van der Waals surface area contributed by atoms with Crippen molar-refractivity contribution in [2.24, 2.45) is 0 Å². The first-order valence-electron chi connectivity index (χ1n) is 6.21. The molecule has 5 nitrogen and oxygen atoms in total. The molecule has 0 aliphatic carbocycles.